The first kappa shape index (κ1) is 9.35. The second kappa shape index (κ2) is 3.33. The minimum atomic E-state index is -2.91. The maximum Gasteiger partial charge on any atom is 0.214 e. The lowest BCUT2D eigenvalue weighted by atomic mass is 10.2. The van der Waals surface area contributed by atoms with Gasteiger partial charge in [0, 0.05) is 18.8 Å². The number of sulfonamides is 1. The van der Waals surface area contributed by atoms with Crippen LogP contribution in [-0.2, 0) is 10.0 Å². The third kappa shape index (κ3) is 2.10. The molecule has 0 aromatic rings. The van der Waals surface area contributed by atoms with Gasteiger partial charge in [-0.2, -0.15) is 12.6 Å². The molecule has 0 saturated carbocycles. The van der Waals surface area contributed by atoms with Crippen molar-refractivity contribution in [3.63, 3.8) is 0 Å². The molecule has 3 nitrogen and oxygen atoms in total. The van der Waals surface area contributed by atoms with Crippen LogP contribution < -0.4 is 0 Å². The zero-order valence-corrected chi connectivity index (χ0v) is 8.24. The molecule has 0 bridgehead atoms. The highest BCUT2D eigenvalue weighted by Crippen LogP contribution is 2.17. The van der Waals surface area contributed by atoms with Gasteiger partial charge in [-0.25, -0.2) is 12.7 Å². The fourth-order valence-electron chi connectivity index (χ4n) is 1.32. The Bertz CT molecular complexity index is 225. The molecule has 1 atom stereocenters. The molecular weight excluding hydrogens is 182 g/mol. The normalized spacial score (nSPS) is 30.9. The lowest BCUT2D eigenvalue weighted by Gasteiger charge is -2.11. The molecule has 5 heteroatoms. The van der Waals surface area contributed by atoms with Gasteiger partial charge in [-0.3, -0.25) is 0 Å². The zero-order valence-electron chi connectivity index (χ0n) is 6.52. The van der Waals surface area contributed by atoms with Gasteiger partial charge in [0.2, 0.25) is 10.0 Å². The summed E-state index contributed by atoms with van der Waals surface area (Å²) in [6, 6.07) is 0. The summed E-state index contributed by atoms with van der Waals surface area (Å²) in [5.74, 6) is 1.19. The highest BCUT2D eigenvalue weighted by atomic mass is 32.2. The van der Waals surface area contributed by atoms with Crippen LogP contribution >= 0.6 is 12.6 Å². The summed E-state index contributed by atoms with van der Waals surface area (Å²) in [6.45, 7) is 3.18. The smallest absolute Gasteiger partial charge is 0.212 e. The van der Waals surface area contributed by atoms with Crippen molar-refractivity contribution in [2.75, 3.05) is 24.6 Å². The fourth-order valence-corrected chi connectivity index (χ4v) is 3.58. The molecule has 1 aliphatic rings. The second-order valence-electron chi connectivity index (χ2n) is 2.97. The Morgan fingerprint density at radius 3 is 2.64 bits per heavy atom. The van der Waals surface area contributed by atoms with Gasteiger partial charge < -0.3 is 0 Å². The van der Waals surface area contributed by atoms with Gasteiger partial charge in [-0.15, -0.1) is 0 Å². The monoisotopic (exact) mass is 195 g/mol. The van der Waals surface area contributed by atoms with Crippen molar-refractivity contribution in [1.29, 1.82) is 0 Å². The van der Waals surface area contributed by atoms with Gasteiger partial charge in [0.1, 0.15) is 0 Å². The first-order valence-corrected chi connectivity index (χ1v) is 5.89. The summed E-state index contributed by atoms with van der Waals surface area (Å²) in [6.07, 6.45) is 0. The Hall–Kier alpha value is 0.260. The van der Waals surface area contributed by atoms with E-state index in [1.807, 2.05) is 6.92 Å². The van der Waals surface area contributed by atoms with Crippen LogP contribution in [0.25, 0.3) is 0 Å². The first-order chi connectivity index (χ1) is 5.06. The average Bonchev–Trinajstić information content (AvgIpc) is 2.07. The molecule has 0 aromatic carbocycles. The predicted octanol–water partition coefficient (Wildman–Crippen LogP) is 0.198. The van der Waals surface area contributed by atoms with Crippen LogP contribution in [0, 0.1) is 5.92 Å². The topological polar surface area (TPSA) is 37.4 Å². The molecule has 11 heavy (non-hydrogen) atoms. The SMILES string of the molecule is CC1CN(CCS)S(=O)(=O)C1. The Balaban J connectivity index is 2.67. The Morgan fingerprint density at radius 2 is 2.27 bits per heavy atom. The minimum Gasteiger partial charge on any atom is -0.212 e. The predicted molar refractivity (Wildman–Crippen MR) is 48.4 cm³/mol. The van der Waals surface area contributed by atoms with Crippen molar-refractivity contribution in [3.8, 4) is 0 Å². The zero-order chi connectivity index (χ0) is 8.48. The summed E-state index contributed by atoms with van der Waals surface area (Å²) in [5.41, 5.74) is 0. The van der Waals surface area contributed by atoms with Crippen molar-refractivity contribution in [1.82, 2.24) is 4.31 Å². The largest absolute Gasteiger partial charge is 0.214 e. The molecule has 0 spiro atoms. The molecule has 0 N–H and O–H groups in total. The van der Waals surface area contributed by atoms with E-state index in [4.69, 9.17) is 0 Å². The van der Waals surface area contributed by atoms with Crippen molar-refractivity contribution < 1.29 is 8.42 Å². The summed E-state index contributed by atoms with van der Waals surface area (Å²) in [5, 5.41) is 0. The Kier molecular flexibility index (Phi) is 2.83. The third-order valence-electron chi connectivity index (χ3n) is 1.75. The quantitative estimate of drug-likeness (QED) is 0.639. The van der Waals surface area contributed by atoms with Crippen molar-refractivity contribution in [3.05, 3.63) is 0 Å². The van der Waals surface area contributed by atoms with Crippen molar-refractivity contribution >= 4 is 22.7 Å². The van der Waals surface area contributed by atoms with E-state index in [-0.39, 0.29) is 5.92 Å². The van der Waals surface area contributed by atoms with Crippen LogP contribution in [0.1, 0.15) is 6.92 Å². The van der Waals surface area contributed by atoms with Gasteiger partial charge in [0.05, 0.1) is 5.75 Å². The maximum absolute atomic E-state index is 11.3. The van der Waals surface area contributed by atoms with E-state index in [1.54, 1.807) is 0 Å². The molecule has 1 fully saturated rings. The van der Waals surface area contributed by atoms with Gasteiger partial charge in [-0.05, 0) is 5.92 Å². The van der Waals surface area contributed by atoms with Gasteiger partial charge in [0.15, 0.2) is 0 Å². The number of rotatable bonds is 2. The van der Waals surface area contributed by atoms with E-state index in [9.17, 15) is 8.42 Å². The molecule has 0 radical (unpaired) electrons. The second-order valence-corrected chi connectivity index (χ2v) is 5.43. The summed E-state index contributed by atoms with van der Waals surface area (Å²) in [4.78, 5) is 0. The van der Waals surface area contributed by atoms with Crippen LogP contribution in [0.3, 0.4) is 0 Å². The van der Waals surface area contributed by atoms with Crippen LogP contribution in [0.5, 0.6) is 0 Å². The molecule has 1 heterocycles. The molecular formula is C6H13NO2S2. The highest BCUT2D eigenvalue weighted by molar-refractivity contribution is 7.89. The first-order valence-electron chi connectivity index (χ1n) is 3.65. The summed E-state index contributed by atoms with van der Waals surface area (Å²) in [7, 11) is -2.91. The maximum atomic E-state index is 11.3. The van der Waals surface area contributed by atoms with Crippen molar-refractivity contribution in [2.24, 2.45) is 5.92 Å². The molecule has 0 amide bonds. The Morgan fingerprint density at radius 1 is 1.64 bits per heavy atom. The lowest BCUT2D eigenvalue weighted by molar-refractivity contribution is 0.434. The van der Waals surface area contributed by atoms with E-state index in [0.29, 0.717) is 24.6 Å². The average molecular weight is 195 g/mol. The van der Waals surface area contributed by atoms with E-state index in [1.165, 1.54) is 4.31 Å². The van der Waals surface area contributed by atoms with E-state index in [0.717, 1.165) is 0 Å². The molecule has 0 aromatic heterocycles. The number of hydrogen-bond acceptors (Lipinski definition) is 3. The molecule has 1 aliphatic heterocycles. The Labute approximate surface area is 73.2 Å². The molecule has 1 rings (SSSR count). The summed E-state index contributed by atoms with van der Waals surface area (Å²) >= 11 is 4.00. The van der Waals surface area contributed by atoms with Crippen LogP contribution in [0.15, 0.2) is 0 Å². The standard InChI is InChI=1S/C6H13NO2S2/c1-6-4-7(2-3-10)11(8,9)5-6/h6,10H,2-5H2,1H3. The van der Waals surface area contributed by atoms with Crippen LogP contribution in [-0.4, -0.2) is 37.3 Å². The molecule has 0 aliphatic carbocycles. The van der Waals surface area contributed by atoms with E-state index >= 15 is 0 Å². The van der Waals surface area contributed by atoms with Crippen LogP contribution in [0.2, 0.25) is 0 Å². The summed E-state index contributed by atoms with van der Waals surface area (Å²) < 4.78 is 24.0. The number of thiol groups is 1. The molecule has 1 unspecified atom stereocenters. The van der Waals surface area contributed by atoms with Gasteiger partial charge >= 0.3 is 0 Å². The van der Waals surface area contributed by atoms with Crippen LogP contribution in [0.4, 0.5) is 0 Å². The molecule has 66 valence electrons. The third-order valence-corrected chi connectivity index (χ3v) is 4.06. The van der Waals surface area contributed by atoms with Crippen molar-refractivity contribution in [2.45, 2.75) is 6.92 Å². The highest BCUT2D eigenvalue weighted by Gasteiger charge is 2.32. The minimum absolute atomic E-state index is 0.278. The van der Waals surface area contributed by atoms with E-state index < -0.39 is 10.0 Å². The van der Waals surface area contributed by atoms with Gasteiger partial charge in [0.25, 0.3) is 0 Å². The van der Waals surface area contributed by atoms with Gasteiger partial charge in [-0.1, -0.05) is 6.92 Å². The lowest BCUT2D eigenvalue weighted by Crippen LogP contribution is -2.27. The molecule has 1 saturated heterocycles. The number of hydrogen-bond donors (Lipinski definition) is 1. The van der Waals surface area contributed by atoms with E-state index in [2.05, 4.69) is 12.6 Å². The fraction of sp³-hybridized carbons (Fsp3) is 1.00. The number of nitrogens with zero attached hydrogens (tertiary/aromatic N) is 1.